The lowest BCUT2D eigenvalue weighted by Gasteiger charge is -2.35. The molecule has 2 aromatic carbocycles. The second-order valence-electron chi connectivity index (χ2n) is 9.43. The highest BCUT2D eigenvalue weighted by Crippen LogP contribution is 2.42. The smallest absolute Gasteiger partial charge is 0.164 e. The topological polar surface area (TPSA) is 144 Å². The van der Waals surface area contributed by atoms with Gasteiger partial charge in [-0.1, -0.05) is 23.2 Å². The van der Waals surface area contributed by atoms with Crippen LogP contribution in [0.4, 0.5) is 21.6 Å². The van der Waals surface area contributed by atoms with Crippen LogP contribution in [0.1, 0.15) is 0 Å². The van der Waals surface area contributed by atoms with Crippen LogP contribution in [-0.2, 0) is 0 Å². The van der Waals surface area contributed by atoms with Gasteiger partial charge in [0.15, 0.2) is 23.8 Å². The van der Waals surface area contributed by atoms with Gasteiger partial charge in [0.1, 0.15) is 24.4 Å². The van der Waals surface area contributed by atoms with E-state index in [-0.39, 0.29) is 11.5 Å². The zero-order chi connectivity index (χ0) is 29.0. The fraction of sp³-hybridized carbons (Fsp3) is 0.462. The van der Waals surface area contributed by atoms with Crippen molar-refractivity contribution in [3.63, 3.8) is 0 Å². The molecule has 2 heterocycles. The average Bonchev–Trinajstić information content (AvgIpc) is 2.97. The third-order valence-corrected chi connectivity index (χ3v) is 7.59. The Labute approximate surface area is 240 Å². The summed E-state index contributed by atoms with van der Waals surface area (Å²) >= 11 is 13.0. The maximum atomic E-state index is 13.7. The molecular weight excluding hydrogens is 568 g/mol. The van der Waals surface area contributed by atoms with E-state index in [1.54, 1.807) is 12.1 Å². The Balaban J connectivity index is 1.68. The Bertz CT molecular complexity index is 1320. The number of aliphatic hydroxyl groups excluding tert-OH is 4. The molecule has 1 saturated heterocycles. The first kappa shape index (κ1) is 30.3. The molecule has 0 amide bonds. The molecule has 4 rings (SSSR count). The first-order chi connectivity index (χ1) is 19.2. The van der Waals surface area contributed by atoms with Crippen LogP contribution in [0.2, 0.25) is 10.0 Å². The SMILES string of the molecule is COc1cc2c(Nc3ccc(Cl)c(Cl)c3N3CCN(C)CC3)ncnc2cc1O[C@H](CO)[C@H](O)[C@@H](O)[C@H](F)CO. The highest BCUT2D eigenvalue weighted by atomic mass is 35.5. The number of anilines is 3. The van der Waals surface area contributed by atoms with E-state index in [1.807, 2.05) is 6.07 Å². The Morgan fingerprint density at radius 2 is 1.75 bits per heavy atom. The lowest BCUT2D eigenvalue weighted by molar-refractivity contribution is -0.0981. The van der Waals surface area contributed by atoms with Crippen molar-refractivity contribution in [1.29, 1.82) is 0 Å². The molecule has 3 aromatic rings. The molecule has 1 aliphatic rings. The van der Waals surface area contributed by atoms with E-state index in [4.69, 9.17) is 37.8 Å². The van der Waals surface area contributed by atoms with Gasteiger partial charge in [-0.15, -0.1) is 0 Å². The fourth-order valence-electron chi connectivity index (χ4n) is 4.44. The maximum absolute atomic E-state index is 13.7. The number of alkyl halides is 1. The van der Waals surface area contributed by atoms with Crippen LogP contribution in [0.25, 0.3) is 10.9 Å². The quantitative estimate of drug-likeness (QED) is 0.221. The van der Waals surface area contributed by atoms with Gasteiger partial charge in [-0.3, -0.25) is 0 Å². The highest BCUT2D eigenvalue weighted by molar-refractivity contribution is 6.44. The first-order valence-corrected chi connectivity index (χ1v) is 13.3. The number of ether oxygens (including phenoxy) is 2. The largest absolute Gasteiger partial charge is 0.493 e. The van der Waals surface area contributed by atoms with Gasteiger partial charge < -0.3 is 45.0 Å². The molecule has 0 aliphatic carbocycles. The Morgan fingerprint density at radius 3 is 2.40 bits per heavy atom. The van der Waals surface area contributed by atoms with Crippen LogP contribution in [0.15, 0.2) is 30.6 Å². The maximum Gasteiger partial charge on any atom is 0.164 e. The fourth-order valence-corrected chi connectivity index (χ4v) is 4.88. The van der Waals surface area contributed by atoms with Gasteiger partial charge in [0.25, 0.3) is 0 Å². The summed E-state index contributed by atoms with van der Waals surface area (Å²) in [5.41, 5.74) is 1.88. The second kappa shape index (κ2) is 13.3. The third kappa shape index (κ3) is 6.44. The van der Waals surface area contributed by atoms with E-state index in [9.17, 15) is 19.7 Å². The number of nitrogens with zero attached hydrogens (tertiary/aromatic N) is 4. The number of hydrogen-bond donors (Lipinski definition) is 5. The van der Waals surface area contributed by atoms with Crippen molar-refractivity contribution < 1.29 is 34.3 Å². The normalized spacial score (nSPS) is 17.4. The van der Waals surface area contributed by atoms with E-state index >= 15 is 0 Å². The van der Waals surface area contributed by atoms with E-state index in [0.29, 0.717) is 32.5 Å². The summed E-state index contributed by atoms with van der Waals surface area (Å²) < 4.78 is 24.9. The molecule has 11 nitrogen and oxygen atoms in total. The summed E-state index contributed by atoms with van der Waals surface area (Å²) in [6, 6.07) is 6.66. The number of benzene rings is 2. The molecule has 218 valence electrons. The van der Waals surface area contributed by atoms with Gasteiger partial charge >= 0.3 is 0 Å². The summed E-state index contributed by atoms with van der Waals surface area (Å²) in [5, 5.41) is 43.7. The predicted molar refractivity (Wildman–Crippen MR) is 151 cm³/mol. The molecule has 0 bridgehead atoms. The van der Waals surface area contributed by atoms with Crippen LogP contribution >= 0.6 is 23.2 Å². The number of aromatic nitrogens is 2. The molecule has 1 aliphatic heterocycles. The van der Waals surface area contributed by atoms with E-state index < -0.39 is 37.7 Å². The van der Waals surface area contributed by atoms with Gasteiger partial charge in [-0.25, -0.2) is 14.4 Å². The summed E-state index contributed by atoms with van der Waals surface area (Å²) in [4.78, 5) is 13.1. The number of halogens is 3. The van der Waals surface area contributed by atoms with Gasteiger partial charge in [-0.2, -0.15) is 0 Å². The number of fused-ring (bicyclic) bond motifs is 1. The molecule has 0 saturated carbocycles. The average molecular weight is 600 g/mol. The number of methoxy groups -OCH3 is 1. The summed E-state index contributed by atoms with van der Waals surface area (Å²) in [7, 11) is 3.46. The molecule has 0 unspecified atom stereocenters. The van der Waals surface area contributed by atoms with Crippen molar-refractivity contribution in [2.45, 2.75) is 24.5 Å². The Kier molecular flexibility index (Phi) is 10.1. The summed E-state index contributed by atoms with van der Waals surface area (Å²) in [6.07, 6.45) is -6.01. The molecule has 1 aromatic heterocycles. The molecule has 4 atom stereocenters. The van der Waals surface area contributed by atoms with Crippen molar-refractivity contribution in [3.05, 3.63) is 40.6 Å². The van der Waals surface area contributed by atoms with E-state index in [2.05, 4.69) is 32.1 Å². The van der Waals surface area contributed by atoms with Crippen molar-refractivity contribution in [2.24, 2.45) is 0 Å². The molecule has 40 heavy (non-hydrogen) atoms. The Hall–Kier alpha value is -2.71. The molecule has 14 heteroatoms. The molecule has 0 radical (unpaired) electrons. The monoisotopic (exact) mass is 599 g/mol. The van der Waals surface area contributed by atoms with Crippen LogP contribution in [0.3, 0.4) is 0 Å². The van der Waals surface area contributed by atoms with Crippen molar-refractivity contribution in [1.82, 2.24) is 14.9 Å². The standard InChI is InChI=1S/C26H32Cl2FN5O6/c1-33-5-7-34(8-6-33)23-17(4-3-15(27)22(23)28)32-26-14-9-19(39-2)20(10-18(14)30-13-31-26)40-21(12-36)25(38)24(37)16(29)11-35/h3-4,9-10,13,16,21,24-25,35-38H,5-8,11-12H2,1-2H3,(H,30,31,32)/t16-,21-,24+,25+/m1/s1. The summed E-state index contributed by atoms with van der Waals surface area (Å²) in [5.74, 6) is 0.732. The molecule has 1 fully saturated rings. The lowest BCUT2D eigenvalue weighted by atomic mass is 10.0. The van der Waals surface area contributed by atoms with Crippen LogP contribution in [0.5, 0.6) is 11.5 Å². The minimum atomic E-state index is -2.12. The molecule has 0 spiro atoms. The number of aliphatic hydroxyl groups is 4. The van der Waals surface area contributed by atoms with E-state index in [0.717, 1.165) is 31.9 Å². The zero-order valence-electron chi connectivity index (χ0n) is 22.0. The minimum absolute atomic E-state index is 0.0806. The molecular formula is C26H32Cl2FN5O6. The first-order valence-electron chi connectivity index (χ1n) is 12.6. The third-order valence-electron chi connectivity index (χ3n) is 6.80. The minimum Gasteiger partial charge on any atom is -0.493 e. The zero-order valence-corrected chi connectivity index (χ0v) is 23.5. The van der Waals surface area contributed by atoms with Crippen LogP contribution in [0, 0.1) is 0 Å². The second-order valence-corrected chi connectivity index (χ2v) is 10.2. The van der Waals surface area contributed by atoms with Crippen LogP contribution in [-0.4, -0.2) is 113 Å². The van der Waals surface area contributed by atoms with Crippen molar-refractivity contribution in [3.8, 4) is 11.5 Å². The number of rotatable bonds is 11. The number of hydrogen-bond acceptors (Lipinski definition) is 11. The van der Waals surface area contributed by atoms with Crippen molar-refractivity contribution in [2.75, 3.05) is 63.8 Å². The van der Waals surface area contributed by atoms with Gasteiger partial charge in [0.2, 0.25) is 0 Å². The number of piperazine rings is 1. The van der Waals surface area contributed by atoms with E-state index in [1.165, 1.54) is 19.5 Å². The lowest BCUT2D eigenvalue weighted by Crippen LogP contribution is -2.48. The van der Waals surface area contributed by atoms with Gasteiger partial charge in [0.05, 0.1) is 47.3 Å². The predicted octanol–water partition coefficient (Wildman–Crippen LogP) is 2.23. The summed E-state index contributed by atoms with van der Waals surface area (Å²) in [6.45, 7) is 1.51. The Morgan fingerprint density at radius 1 is 1.02 bits per heavy atom. The molecule has 5 N–H and O–H groups in total. The number of likely N-dealkylation sites (N-methyl/N-ethyl adjacent to an activating group) is 1. The number of nitrogens with one attached hydrogen (secondary N) is 1. The van der Waals surface area contributed by atoms with Gasteiger partial charge in [0, 0.05) is 37.6 Å². The van der Waals surface area contributed by atoms with Gasteiger partial charge in [-0.05, 0) is 25.2 Å². The van der Waals surface area contributed by atoms with Crippen molar-refractivity contribution >= 4 is 51.3 Å². The highest BCUT2D eigenvalue weighted by Gasteiger charge is 2.34. The van der Waals surface area contributed by atoms with Crippen LogP contribution < -0.4 is 19.7 Å².